The van der Waals surface area contributed by atoms with Gasteiger partial charge in [-0.05, 0) is 11.1 Å². The molecule has 128 valence electrons. The molecule has 0 aliphatic rings. The maximum atomic E-state index is 8.35. The van der Waals surface area contributed by atoms with Crippen LogP contribution in [0.25, 0.3) is 12.2 Å². The Kier molecular flexibility index (Phi) is 26.0. The van der Waals surface area contributed by atoms with Crippen LogP contribution in [0, 0.1) is 16.2 Å². The lowest BCUT2D eigenvalue weighted by Crippen LogP contribution is -1.63. The van der Waals surface area contributed by atoms with E-state index in [1.807, 2.05) is 72.8 Å². The molecule has 0 aliphatic heterocycles. The largest absolute Gasteiger partial charge is 0.231 e. The Morgan fingerprint density at radius 2 is 0.800 bits per heavy atom. The molecule has 6 heteroatoms. The van der Waals surface area contributed by atoms with Crippen molar-refractivity contribution in [3.63, 3.8) is 0 Å². The van der Waals surface area contributed by atoms with Gasteiger partial charge < -0.3 is 0 Å². The minimum absolute atomic E-state index is 0.750. The zero-order valence-electron chi connectivity index (χ0n) is 13.6. The molecule has 0 aliphatic carbocycles. The molecule has 6 nitrogen and oxygen atoms in total. The molecule has 0 atom stereocenters. The van der Waals surface area contributed by atoms with Gasteiger partial charge in [0, 0.05) is 0 Å². The van der Waals surface area contributed by atoms with Crippen LogP contribution in [-0.4, -0.2) is 18.2 Å². The zero-order valence-corrected chi connectivity index (χ0v) is 13.6. The molecule has 2 rings (SSSR count). The average Bonchev–Trinajstić information content (AvgIpc) is 2.65. The van der Waals surface area contributed by atoms with Crippen molar-refractivity contribution < 1.29 is 14.4 Å². The van der Waals surface area contributed by atoms with Gasteiger partial charge in [0.15, 0.2) is 0 Å². The highest BCUT2D eigenvalue weighted by Crippen LogP contribution is 1.98. The first-order chi connectivity index (χ1) is 12.1. The summed E-state index contributed by atoms with van der Waals surface area (Å²) in [6.07, 6.45) is 5.92. The van der Waals surface area contributed by atoms with Gasteiger partial charge in [-0.2, -0.15) is 0 Å². The predicted molar refractivity (Wildman–Crippen MR) is 98.3 cm³/mol. The van der Waals surface area contributed by atoms with Crippen LogP contribution in [0.15, 0.2) is 73.8 Å². The van der Waals surface area contributed by atoms with Crippen LogP contribution in [0.3, 0.4) is 0 Å². The third-order valence-corrected chi connectivity index (χ3v) is 2.07. The first kappa shape index (κ1) is 26.0. The number of rotatable bonds is 2. The second-order valence-corrected chi connectivity index (χ2v) is 3.54. The molecule has 2 aromatic carbocycles. The third kappa shape index (κ3) is 25.4. The lowest BCUT2D eigenvalue weighted by molar-refractivity contribution is 0.562. The zero-order chi connectivity index (χ0) is 19.8. The third-order valence-electron chi connectivity index (χ3n) is 2.07. The van der Waals surface area contributed by atoms with E-state index in [9.17, 15) is 0 Å². The van der Waals surface area contributed by atoms with Crippen LogP contribution >= 0.6 is 0 Å². The average molecular weight is 337 g/mol. The minimum atomic E-state index is 0.750. The Labute approximate surface area is 146 Å². The summed E-state index contributed by atoms with van der Waals surface area (Å²) in [7, 11) is 0. The number of hydrogen-bond acceptors (Lipinski definition) is 6. The number of isocyanates is 3. The van der Waals surface area contributed by atoms with E-state index < -0.39 is 0 Å². The Morgan fingerprint density at radius 1 is 0.600 bits per heavy atom. The molecule has 25 heavy (non-hydrogen) atoms. The van der Waals surface area contributed by atoms with Crippen LogP contribution in [-0.2, 0) is 14.4 Å². The lowest BCUT2D eigenvalue weighted by Gasteiger charge is -1.85. The highest BCUT2D eigenvalue weighted by atomic mass is 16.1. The van der Waals surface area contributed by atoms with Crippen molar-refractivity contribution in [2.45, 2.75) is 0 Å². The van der Waals surface area contributed by atoms with Crippen molar-refractivity contribution in [1.29, 1.82) is 16.2 Å². The Morgan fingerprint density at radius 3 is 0.920 bits per heavy atom. The fourth-order valence-electron chi connectivity index (χ4n) is 1.18. The quantitative estimate of drug-likeness (QED) is 0.557. The Balaban J connectivity index is -0.000000267. The maximum Gasteiger partial charge on any atom is 0.231 e. The summed E-state index contributed by atoms with van der Waals surface area (Å²) in [6, 6.07) is 20.1. The normalized spacial score (nSPS) is 6.40. The smallest absolute Gasteiger partial charge is 0.222 e. The molecule has 0 saturated carbocycles. The van der Waals surface area contributed by atoms with E-state index in [2.05, 4.69) is 13.2 Å². The van der Waals surface area contributed by atoms with Gasteiger partial charge in [-0.3, -0.25) is 0 Å². The second-order valence-electron chi connectivity index (χ2n) is 3.54. The summed E-state index contributed by atoms with van der Waals surface area (Å²) in [5, 5.41) is 16.2. The lowest BCUT2D eigenvalue weighted by atomic mass is 10.2. The van der Waals surface area contributed by atoms with Crippen molar-refractivity contribution in [1.82, 2.24) is 0 Å². The van der Waals surface area contributed by atoms with E-state index in [-0.39, 0.29) is 0 Å². The fourth-order valence-corrected chi connectivity index (χ4v) is 1.18. The van der Waals surface area contributed by atoms with E-state index in [4.69, 9.17) is 30.6 Å². The molecule has 2 aromatic rings. The van der Waals surface area contributed by atoms with Gasteiger partial charge in [-0.25, -0.2) is 30.6 Å². The molecule has 0 bridgehead atoms. The molecule has 3 N–H and O–H groups in total. The van der Waals surface area contributed by atoms with E-state index in [1.54, 1.807) is 0 Å². The number of benzene rings is 2. The molecule has 0 saturated heterocycles. The van der Waals surface area contributed by atoms with Gasteiger partial charge >= 0.3 is 0 Å². The SMILES string of the molecule is C=Cc1ccccc1.C=Cc1ccccc1.N=C=O.N=C=O.N=C=O. The molecule has 0 spiro atoms. The van der Waals surface area contributed by atoms with Crippen LogP contribution in [0.4, 0.5) is 0 Å². The molecule has 0 heterocycles. The first-order valence-corrected chi connectivity index (χ1v) is 6.58. The molecule has 0 aromatic heterocycles. The summed E-state index contributed by atoms with van der Waals surface area (Å²) in [6.45, 7) is 7.26. The monoisotopic (exact) mass is 337 g/mol. The summed E-state index contributed by atoms with van der Waals surface area (Å²) >= 11 is 0. The number of nitrogens with one attached hydrogen (secondary N) is 3. The molecule has 0 fully saturated rings. The van der Waals surface area contributed by atoms with Gasteiger partial charge in [0.25, 0.3) is 0 Å². The van der Waals surface area contributed by atoms with Crippen molar-refractivity contribution in [2.75, 3.05) is 0 Å². The van der Waals surface area contributed by atoms with Crippen LogP contribution in [0.5, 0.6) is 0 Å². The predicted octanol–water partition coefficient (Wildman–Crippen LogP) is 4.36. The minimum Gasteiger partial charge on any atom is -0.222 e. The molecular weight excluding hydrogens is 318 g/mol. The highest BCUT2D eigenvalue weighted by Gasteiger charge is 1.76. The second kappa shape index (κ2) is 25.0. The Hall–Kier alpha value is -3.94. The molecule has 0 amide bonds. The first-order valence-electron chi connectivity index (χ1n) is 6.58. The van der Waals surface area contributed by atoms with Crippen molar-refractivity contribution >= 4 is 30.4 Å². The van der Waals surface area contributed by atoms with Gasteiger partial charge in [-0.1, -0.05) is 86.0 Å². The Bertz CT molecular complexity index is 594. The van der Waals surface area contributed by atoms with Gasteiger partial charge in [-0.15, -0.1) is 0 Å². The molecule has 0 radical (unpaired) electrons. The number of hydrogen-bond donors (Lipinski definition) is 3. The highest BCUT2D eigenvalue weighted by molar-refractivity contribution is 5.46. The fraction of sp³-hybridized carbons (Fsp3) is 0. The van der Waals surface area contributed by atoms with Crippen molar-refractivity contribution in [3.8, 4) is 0 Å². The summed E-state index contributed by atoms with van der Waals surface area (Å²) in [5.74, 6) is 0. The summed E-state index contributed by atoms with van der Waals surface area (Å²) < 4.78 is 0. The van der Waals surface area contributed by atoms with E-state index in [0.717, 1.165) is 18.2 Å². The summed E-state index contributed by atoms with van der Waals surface area (Å²) in [4.78, 5) is 25.0. The standard InChI is InChI=1S/2C8H8.3CHNO/c2*1-2-8-6-4-3-5-7-8;3*2-1-3/h2*2-7H,1H2;3*2H. The van der Waals surface area contributed by atoms with Gasteiger partial charge in [0.05, 0.1) is 0 Å². The van der Waals surface area contributed by atoms with Crippen LogP contribution < -0.4 is 0 Å². The van der Waals surface area contributed by atoms with Crippen molar-refractivity contribution in [2.24, 2.45) is 0 Å². The molecular formula is C19H19N3O3. The van der Waals surface area contributed by atoms with E-state index in [1.165, 1.54) is 11.1 Å². The van der Waals surface area contributed by atoms with E-state index in [0.29, 0.717) is 0 Å². The van der Waals surface area contributed by atoms with Crippen LogP contribution in [0.2, 0.25) is 0 Å². The van der Waals surface area contributed by atoms with Crippen LogP contribution in [0.1, 0.15) is 11.1 Å². The maximum absolute atomic E-state index is 8.35. The topological polar surface area (TPSA) is 123 Å². The van der Waals surface area contributed by atoms with E-state index >= 15 is 0 Å². The van der Waals surface area contributed by atoms with Gasteiger partial charge in [0.2, 0.25) is 18.2 Å². The van der Waals surface area contributed by atoms with Crippen molar-refractivity contribution in [3.05, 3.63) is 84.9 Å². The van der Waals surface area contributed by atoms with Gasteiger partial charge in [0.1, 0.15) is 0 Å². The number of carbonyl (C=O) groups excluding carboxylic acids is 3. The molecule has 0 unspecified atom stereocenters. The summed E-state index contributed by atoms with van der Waals surface area (Å²) in [5.41, 5.74) is 2.35.